The van der Waals surface area contributed by atoms with E-state index >= 15 is 0 Å². The van der Waals surface area contributed by atoms with Crippen molar-refractivity contribution in [1.82, 2.24) is 0 Å². The minimum absolute atomic E-state index is 0.0898. The molecule has 0 bridgehead atoms. The van der Waals surface area contributed by atoms with Gasteiger partial charge in [0, 0.05) is 0 Å². The van der Waals surface area contributed by atoms with Crippen LogP contribution in [0.4, 0.5) is 0 Å². The van der Waals surface area contributed by atoms with Crippen molar-refractivity contribution in [2.24, 2.45) is 29.1 Å². The summed E-state index contributed by atoms with van der Waals surface area (Å²) in [5.41, 5.74) is -0.706. The van der Waals surface area contributed by atoms with Gasteiger partial charge in [0.15, 0.2) is 0 Å². The summed E-state index contributed by atoms with van der Waals surface area (Å²) in [6, 6.07) is 0. The third-order valence-corrected chi connectivity index (χ3v) is 5.15. The Morgan fingerprint density at radius 1 is 0.909 bits per heavy atom. The summed E-state index contributed by atoms with van der Waals surface area (Å²) in [7, 11) is 0. The van der Waals surface area contributed by atoms with Crippen LogP contribution >= 0.6 is 0 Å². The standard InChI is InChI=1S/C18H28O4/c1-16(2,3)21-14(19)10-9-18(7-8-18)13-11(10)12(13)15(20)22-17(4,5)6/h10-13H,7-9H2,1-6H3. The Hall–Kier alpha value is -1.06. The predicted molar refractivity (Wildman–Crippen MR) is 81.9 cm³/mol. The van der Waals surface area contributed by atoms with E-state index in [-0.39, 0.29) is 35.1 Å². The van der Waals surface area contributed by atoms with E-state index in [1.807, 2.05) is 41.5 Å². The van der Waals surface area contributed by atoms with Gasteiger partial charge in [-0.1, -0.05) is 0 Å². The first-order valence-electron chi connectivity index (χ1n) is 8.39. The van der Waals surface area contributed by atoms with Gasteiger partial charge in [-0.15, -0.1) is 0 Å². The van der Waals surface area contributed by atoms with Gasteiger partial charge in [-0.25, -0.2) is 0 Å². The number of fused-ring (bicyclic) bond motifs is 2. The van der Waals surface area contributed by atoms with Crippen molar-refractivity contribution in [3.8, 4) is 0 Å². The molecular formula is C18H28O4. The molecule has 4 heteroatoms. The molecule has 4 atom stereocenters. The highest BCUT2D eigenvalue weighted by Crippen LogP contribution is 2.78. The van der Waals surface area contributed by atoms with E-state index in [1.165, 1.54) is 0 Å². The van der Waals surface area contributed by atoms with Crippen LogP contribution in [0.15, 0.2) is 0 Å². The van der Waals surface area contributed by atoms with Gasteiger partial charge >= 0.3 is 11.9 Å². The molecule has 3 aliphatic rings. The molecule has 4 unspecified atom stereocenters. The van der Waals surface area contributed by atoms with Gasteiger partial charge in [0.05, 0.1) is 11.8 Å². The highest BCUT2D eigenvalue weighted by Gasteiger charge is 2.77. The van der Waals surface area contributed by atoms with Crippen LogP contribution in [0.5, 0.6) is 0 Å². The monoisotopic (exact) mass is 308 g/mol. The molecule has 0 aliphatic heterocycles. The maximum Gasteiger partial charge on any atom is 0.310 e. The first-order valence-corrected chi connectivity index (χ1v) is 8.39. The lowest BCUT2D eigenvalue weighted by Gasteiger charge is -2.25. The van der Waals surface area contributed by atoms with Crippen LogP contribution in [0.25, 0.3) is 0 Å². The Morgan fingerprint density at radius 3 is 1.86 bits per heavy atom. The Bertz CT molecular complexity index is 504. The van der Waals surface area contributed by atoms with Crippen LogP contribution in [0, 0.1) is 29.1 Å². The number of ether oxygens (including phenoxy) is 2. The molecule has 3 rings (SSSR count). The second kappa shape index (κ2) is 4.48. The molecule has 22 heavy (non-hydrogen) atoms. The summed E-state index contributed by atoms with van der Waals surface area (Å²) in [5.74, 6) is 0.0312. The van der Waals surface area contributed by atoms with Crippen molar-refractivity contribution in [2.45, 2.75) is 72.0 Å². The van der Waals surface area contributed by atoms with Crippen LogP contribution < -0.4 is 0 Å². The van der Waals surface area contributed by atoms with E-state index in [0.717, 1.165) is 19.3 Å². The summed E-state index contributed by atoms with van der Waals surface area (Å²) >= 11 is 0. The number of rotatable bonds is 2. The highest BCUT2D eigenvalue weighted by atomic mass is 16.6. The number of esters is 2. The molecule has 0 amide bonds. The zero-order chi connectivity index (χ0) is 16.5. The number of hydrogen-bond acceptors (Lipinski definition) is 4. The van der Waals surface area contributed by atoms with E-state index in [1.54, 1.807) is 0 Å². The second-order valence-electron chi connectivity index (χ2n) is 9.37. The maximum absolute atomic E-state index is 12.5. The van der Waals surface area contributed by atoms with Gasteiger partial charge in [0.25, 0.3) is 0 Å². The summed E-state index contributed by atoms with van der Waals surface area (Å²) in [5, 5.41) is 0. The molecule has 0 aromatic carbocycles. The van der Waals surface area contributed by atoms with Crippen LogP contribution in [-0.2, 0) is 19.1 Å². The third kappa shape index (κ3) is 2.77. The average molecular weight is 308 g/mol. The molecule has 0 N–H and O–H groups in total. The lowest BCUT2D eigenvalue weighted by molar-refractivity contribution is -0.162. The van der Waals surface area contributed by atoms with Gasteiger partial charge in [-0.2, -0.15) is 0 Å². The van der Waals surface area contributed by atoms with Crippen molar-refractivity contribution in [1.29, 1.82) is 0 Å². The SMILES string of the molecule is CC(C)(C)OC(=O)C1CC2(CC2)C2C(C(=O)OC(C)(C)C)C12. The summed E-state index contributed by atoms with van der Waals surface area (Å²) < 4.78 is 11.1. The summed E-state index contributed by atoms with van der Waals surface area (Å²) in [6.45, 7) is 11.3. The smallest absolute Gasteiger partial charge is 0.310 e. The Kier molecular flexibility index (Phi) is 3.22. The number of carbonyl (C=O) groups is 2. The third-order valence-electron chi connectivity index (χ3n) is 5.15. The number of carbonyl (C=O) groups excluding carboxylic acids is 2. The summed E-state index contributed by atoms with van der Waals surface area (Å²) in [4.78, 5) is 24.9. The van der Waals surface area contributed by atoms with Crippen molar-refractivity contribution in [3.05, 3.63) is 0 Å². The first-order chi connectivity index (χ1) is 9.94. The van der Waals surface area contributed by atoms with Crippen molar-refractivity contribution in [3.63, 3.8) is 0 Å². The fraction of sp³-hybridized carbons (Fsp3) is 0.889. The van der Waals surface area contributed by atoms with E-state index in [9.17, 15) is 9.59 Å². The molecule has 0 aromatic heterocycles. The fourth-order valence-corrected chi connectivity index (χ4v) is 4.32. The molecule has 4 nitrogen and oxygen atoms in total. The fourth-order valence-electron chi connectivity index (χ4n) is 4.32. The first kappa shape index (κ1) is 15.8. The van der Waals surface area contributed by atoms with Crippen LogP contribution in [0.1, 0.15) is 60.8 Å². The second-order valence-corrected chi connectivity index (χ2v) is 9.37. The lowest BCUT2D eigenvalue weighted by Crippen LogP contribution is -2.32. The van der Waals surface area contributed by atoms with Crippen molar-refractivity contribution < 1.29 is 19.1 Å². The molecule has 0 radical (unpaired) electrons. The van der Waals surface area contributed by atoms with Crippen LogP contribution in [0.2, 0.25) is 0 Å². The van der Waals surface area contributed by atoms with Gasteiger partial charge in [-0.3, -0.25) is 9.59 Å². The van der Waals surface area contributed by atoms with E-state index in [4.69, 9.17) is 9.47 Å². The molecule has 3 fully saturated rings. The zero-order valence-corrected chi connectivity index (χ0v) is 14.6. The largest absolute Gasteiger partial charge is 0.460 e. The highest BCUT2D eigenvalue weighted by molar-refractivity contribution is 5.82. The van der Waals surface area contributed by atoms with Gasteiger partial charge < -0.3 is 9.47 Å². The van der Waals surface area contributed by atoms with Crippen molar-refractivity contribution in [2.75, 3.05) is 0 Å². The summed E-state index contributed by atoms with van der Waals surface area (Å²) in [6.07, 6.45) is 3.19. The van der Waals surface area contributed by atoms with Gasteiger partial charge in [0.2, 0.25) is 0 Å². The van der Waals surface area contributed by atoms with E-state index in [0.29, 0.717) is 5.92 Å². The molecular weight excluding hydrogens is 280 g/mol. The molecule has 124 valence electrons. The molecule has 0 saturated heterocycles. The van der Waals surface area contributed by atoms with Gasteiger partial charge in [-0.05, 0) is 78.1 Å². The molecule has 1 spiro atoms. The maximum atomic E-state index is 12.5. The minimum Gasteiger partial charge on any atom is -0.460 e. The lowest BCUT2D eigenvalue weighted by atomic mass is 9.91. The molecule has 0 aromatic rings. The topological polar surface area (TPSA) is 52.6 Å². The molecule has 3 aliphatic carbocycles. The Labute approximate surface area is 132 Å². The van der Waals surface area contributed by atoms with Gasteiger partial charge in [0.1, 0.15) is 11.2 Å². The van der Waals surface area contributed by atoms with Crippen molar-refractivity contribution >= 4 is 11.9 Å². The quantitative estimate of drug-likeness (QED) is 0.734. The van der Waals surface area contributed by atoms with E-state index < -0.39 is 11.2 Å². The van der Waals surface area contributed by atoms with Crippen LogP contribution in [0.3, 0.4) is 0 Å². The normalized spacial score (nSPS) is 35.0. The average Bonchev–Trinajstić information content (AvgIpc) is 3.10. The van der Waals surface area contributed by atoms with E-state index in [2.05, 4.69) is 0 Å². The predicted octanol–water partition coefficient (Wildman–Crippen LogP) is 3.33. The Balaban J connectivity index is 1.71. The minimum atomic E-state index is -0.470. The van der Waals surface area contributed by atoms with Crippen LogP contribution in [-0.4, -0.2) is 23.1 Å². The Morgan fingerprint density at radius 2 is 1.41 bits per heavy atom. The molecule has 3 saturated carbocycles. The number of hydrogen-bond donors (Lipinski definition) is 0. The zero-order valence-electron chi connectivity index (χ0n) is 14.6. The molecule has 0 heterocycles.